The van der Waals surface area contributed by atoms with E-state index in [1.54, 1.807) is 17.4 Å². The van der Waals surface area contributed by atoms with E-state index in [2.05, 4.69) is 16.4 Å². The van der Waals surface area contributed by atoms with Gasteiger partial charge in [0.1, 0.15) is 0 Å². The minimum atomic E-state index is -0.414. The fourth-order valence-electron chi connectivity index (χ4n) is 3.88. The Bertz CT molecular complexity index is 983. The van der Waals surface area contributed by atoms with Gasteiger partial charge in [0.2, 0.25) is 11.5 Å². The van der Waals surface area contributed by atoms with Crippen LogP contribution < -0.4 is 10.9 Å². The smallest absolute Gasteiger partial charge is 0.248 e. The number of H-pyrrole nitrogens is 1. The number of amides is 1. The summed E-state index contributed by atoms with van der Waals surface area (Å²) in [7, 11) is 0. The van der Waals surface area contributed by atoms with Gasteiger partial charge in [0.25, 0.3) is 0 Å². The van der Waals surface area contributed by atoms with E-state index in [4.69, 9.17) is 0 Å². The summed E-state index contributed by atoms with van der Waals surface area (Å²) in [5.74, 6) is 0.0572. The van der Waals surface area contributed by atoms with Crippen molar-refractivity contribution >= 4 is 33.8 Å². The van der Waals surface area contributed by atoms with Crippen LogP contribution in [0.3, 0.4) is 0 Å². The van der Waals surface area contributed by atoms with Crippen molar-refractivity contribution in [2.75, 3.05) is 5.32 Å². The van der Waals surface area contributed by atoms with Gasteiger partial charge in [0.05, 0.1) is 10.9 Å². The molecule has 0 radical (unpaired) electrons. The molecule has 1 amide bonds. The van der Waals surface area contributed by atoms with Crippen LogP contribution in [0.25, 0.3) is 10.9 Å². The van der Waals surface area contributed by atoms with E-state index in [1.165, 1.54) is 0 Å². The Kier molecular flexibility index (Phi) is 3.96. The summed E-state index contributed by atoms with van der Waals surface area (Å²) in [6.45, 7) is 1.92. The summed E-state index contributed by atoms with van der Waals surface area (Å²) in [4.78, 5) is 28.8. The zero-order valence-corrected chi connectivity index (χ0v) is 14.9. The van der Waals surface area contributed by atoms with Crippen LogP contribution in [0, 0.1) is 6.92 Å². The van der Waals surface area contributed by atoms with Crippen LogP contribution in [-0.2, 0) is 10.2 Å². The van der Waals surface area contributed by atoms with Gasteiger partial charge in [-0.25, -0.2) is 0 Å². The van der Waals surface area contributed by atoms with Gasteiger partial charge in [-0.2, -0.15) is 0 Å². The fraction of sp³-hybridized carbons (Fsp3) is 0.300. The number of carbonyl (C=O) groups is 1. The topological polar surface area (TPSA) is 62.0 Å². The third-order valence-electron chi connectivity index (χ3n) is 5.19. The van der Waals surface area contributed by atoms with Gasteiger partial charge in [-0.15, -0.1) is 11.3 Å². The fourth-order valence-corrected chi connectivity index (χ4v) is 4.86. The molecule has 0 bridgehead atoms. The number of nitrogens with one attached hydrogen (secondary N) is 2. The maximum Gasteiger partial charge on any atom is 0.248 e. The van der Waals surface area contributed by atoms with E-state index in [1.807, 2.05) is 36.6 Å². The van der Waals surface area contributed by atoms with E-state index >= 15 is 0 Å². The third-order valence-corrected chi connectivity index (χ3v) is 6.27. The minimum Gasteiger partial charge on any atom is -0.325 e. The molecule has 1 aromatic carbocycles. The van der Waals surface area contributed by atoms with Crippen LogP contribution in [0.1, 0.15) is 36.1 Å². The molecule has 0 unspecified atom stereocenters. The lowest BCUT2D eigenvalue weighted by Crippen LogP contribution is -2.37. The normalized spacial score (nSPS) is 16.2. The number of thiophene rings is 1. The van der Waals surface area contributed by atoms with Crippen molar-refractivity contribution in [2.45, 2.75) is 38.0 Å². The molecule has 2 heterocycles. The summed E-state index contributed by atoms with van der Waals surface area (Å²) in [5, 5.41) is 6.12. The molecule has 2 aromatic heterocycles. The second kappa shape index (κ2) is 6.15. The molecule has 4 nitrogen and oxygen atoms in total. The molecule has 0 saturated heterocycles. The molecule has 128 valence electrons. The van der Waals surface area contributed by atoms with Gasteiger partial charge in [-0.1, -0.05) is 25.0 Å². The van der Waals surface area contributed by atoms with Crippen LogP contribution in [0.15, 0.2) is 46.6 Å². The predicted molar refractivity (Wildman–Crippen MR) is 102 cm³/mol. The Morgan fingerprint density at radius 3 is 2.72 bits per heavy atom. The largest absolute Gasteiger partial charge is 0.325 e. The van der Waals surface area contributed by atoms with Crippen LogP contribution >= 0.6 is 11.3 Å². The molecule has 0 spiro atoms. The highest BCUT2D eigenvalue weighted by Gasteiger charge is 2.43. The standard InChI is InChI=1S/C20H20N2O2S/c1-13-11-18(23)22-16-12-14(6-7-15(13)16)21-19(24)20(8-2-3-9-20)17-5-4-10-25-17/h4-7,10-12H,2-3,8-9H2,1H3,(H,21,24)(H,22,23). The van der Waals surface area contributed by atoms with E-state index in [0.29, 0.717) is 0 Å². The molecular formula is C20H20N2O2S. The minimum absolute atomic E-state index is 0.0572. The SMILES string of the molecule is Cc1cc(=O)[nH]c2cc(NC(=O)C3(c4cccs4)CCCC3)ccc12. The van der Waals surface area contributed by atoms with E-state index < -0.39 is 5.41 Å². The average molecular weight is 352 g/mol. The number of rotatable bonds is 3. The number of pyridine rings is 1. The molecule has 3 aromatic rings. The molecule has 1 aliphatic rings. The van der Waals surface area contributed by atoms with Crippen LogP contribution in [0.4, 0.5) is 5.69 Å². The number of carbonyl (C=O) groups excluding carboxylic acids is 1. The zero-order chi connectivity index (χ0) is 17.4. The lowest BCUT2D eigenvalue weighted by atomic mass is 9.83. The van der Waals surface area contributed by atoms with Gasteiger partial charge in [0.15, 0.2) is 0 Å². The van der Waals surface area contributed by atoms with Gasteiger partial charge < -0.3 is 10.3 Å². The highest BCUT2D eigenvalue weighted by Crippen LogP contribution is 2.44. The van der Waals surface area contributed by atoms with Crippen molar-refractivity contribution in [3.05, 3.63) is 62.6 Å². The third kappa shape index (κ3) is 2.78. The molecule has 1 aliphatic carbocycles. The van der Waals surface area contributed by atoms with Crippen molar-refractivity contribution in [1.29, 1.82) is 0 Å². The highest BCUT2D eigenvalue weighted by atomic mass is 32.1. The summed E-state index contributed by atoms with van der Waals surface area (Å²) in [6, 6.07) is 11.4. The first-order chi connectivity index (χ1) is 12.1. The van der Waals surface area contributed by atoms with Gasteiger partial charge in [0, 0.05) is 22.0 Å². The second-order valence-corrected chi connectivity index (χ2v) is 7.75. The summed E-state index contributed by atoms with van der Waals surface area (Å²) in [5.41, 5.74) is 1.87. The number of anilines is 1. The Hall–Kier alpha value is -2.40. The first-order valence-electron chi connectivity index (χ1n) is 8.58. The summed E-state index contributed by atoms with van der Waals surface area (Å²) in [6.07, 6.45) is 3.94. The molecule has 25 heavy (non-hydrogen) atoms. The Morgan fingerprint density at radius 1 is 1.20 bits per heavy atom. The van der Waals surface area contributed by atoms with Crippen molar-refractivity contribution in [3.8, 4) is 0 Å². The number of aromatic nitrogens is 1. The van der Waals surface area contributed by atoms with E-state index in [0.717, 1.165) is 52.7 Å². The van der Waals surface area contributed by atoms with Gasteiger partial charge in [-0.05, 0) is 48.9 Å². The second-order valence-electron chi connectivity index (χ2n) is 6.80. The van der Waals surface area contributed by atoms with Gasteiger partial charge >= 0.3 is 0 Å². The molecule has 1 saturated carbocycles. The van der Waals surface area contributed by atoms with E-state index in [-0.39, 0.29) is 11.5 Å². The monoisotopic (exact) mass is 352 g/mol. The molecular weight excluding hydrogens is 332 g/mol. The number of benzene rings is 1. The van der Waals surface area contributed by atoms with Crippen molar-refractivity contribution < 1.29 is 4.79 Å². The molecule has 4 rings (SSSR count). The van der Waals surface area contributed by atoms with E-state index in [9.17, 15) is 9.59 Å². The Labute approximate surface area is 149 Å². The number of aryl methyl sites for hydroxylation is 1. The summed E-state index contributed by atoms with van der Waals surface area (Å²) < 4.78 is 0. The predicted octanol–water partition coefficient (Wildman–Crippen LogP) is 4.35. The first-order valence-corrected chi connectivity index (χ1v) is 9.46. The number of aromatic amines is 1. The van der Waals surface area contributed by atoms with Crippen LogP contribution in [0.5, 0.6) is 0 Å². The Balaban J connectivity index is 1.68. The Morgan fingerprint density at radius 2 is 2.00 bits per heavy atom. The van der Waals surface area contributed by atoms with Crippen molar-refractivity contribution in [3.63, 3.8) is 0 Å². The first kappa shape index (κ1) is 16.1. The highest BCUT2D eigenvalue weighted by molar-refractivity contribution is 7.10. The molecule has 2 N–H and O–H groups in total. The van der Waals surface area contributed by atoms with Crippen LogP contribution in [-0.4, -0.2) is 10.9 Å². The quantitative estimate of drug-likeness (QED) is 0.736. The maximum absolute atomic E-state index is 13.1. The maximum atomic E-state index is 13.1. The number of hydrogen-bond donors (Lipinski definition) is 2. The van der Waals surface area contributed by atoms with Crippen LogP contribution in [0.2, 0.25) is 0 Å². The van der Waals surface area contributed by atoms with Crippen molar-refractivity contribution in [1.82, 2.24) is 4.98 Å². The lowest BCUT2D eigenvalue weighted by molar-refractivity contribution is -0.121. The number of hydrogen-bond acceptors (Lipinski definition) is 3. The molecule has 1 fully saturated rings. The average Bonchev–Trinajstić information content (AvgIpc) is 3.26. The molecule has 0 aliphatic heterocycles. The van der Waals surface area contributed by atoms with Gasteiger partial charge in [-0.3, -0.25) is 9.59 Å². The van der Waals surface area contributed by atoms with Crippen molar-refractivity contribution in [2.24, 2.45) is 0 Å². The zero-order valence-electron chi connectivity index (χ0n) is 14.1. The number of fused-ring (bicyclic) bond motifs is 1. The molecule has 5 heteroatoms. The summed E-state index contributed by atoms with van der Waals surface area (Å²) >= 11 is 1.66. The lowest BCUT2D eigenvalue weighted by Gasteiger charge is -2.26. The molecule has 0 atom stereocenters.